The summed E-state index contributed by atoms with van der Waals surface area (Å²) >= 11 is 0. The molecule has 90 valence electrons. The lowest BCUT2D eigenvalue weighted by molar-refractivity contribution is 0.165. The largest absolute Gasteiger partial charge is 0.284 e. The van der Waals surface area contributed by atoms with Crippen molar-refractivity contribution in [2.24, 2.45) is 5.92 Å². The molecule has 0 aromatic heterocycles. The van der Waals surface area contributed by atoms with E-state index < -0.39 is 0 Å². The van der Waals surface area contributed by atoms with Crippen LogP contribution in [0, 0.1) is 23.1 Å². The molecular formula is C14H17FN2. The van der Waals surface area contributed by atoms with Gasteiger partial charge in [-0.25, -0.2) is 4.39 Å². The van der Waals surface area contributed by atoms with Crippen LogP contribution in [0.4, 0.5) is 4.39 Å². The minimum absolute atomic E-state index is 0.270. The Bertz CT molecular complexity index is 416. The Kier molecular flexibility index (Phi) is 3.75. The Morgan fingerprint density at radius 2 is 2.12 bits per heavy atom. The Balaban J connectivity index is 2.14. The van der Waals surface area contributed by atoms with Crippen LogP contribution in [0.1, 0.15) is 31.4 Å². The highest BCUT2D eigenvalue weighted by atomic mass is 19.1. The number of piperidine rings is 1. The van der Waals surface area contributed by atoms with Crippen molar-refractivity contribution in [2.45, 2.75) is 25.8 Å². The van der Waals surface area contributed by atoms with E-state index in [0.717, 1.165) is 37.4 Å². The number of hydrogen-bond donors (Lipinski definition) is 0. The molecule has 1 fully saturated rings. The second-order valence-electron chi connectivity index (χ2n) is 4.81. The summed E-state index contributed by atoms with van der Waals surface area (Å²) in [5.41, 5.74) is 0.766. The highest BCUT2D eigenvalue weighted by molar-refractivity contribution is 5.25. The van der Waals surface area contributed by atoms with E-state index in [-0.39, 0.29) is 11.9 Å². The number of halogens is 1. The van der Waals surface area contributed by atoms with Crippen molar-refractivity contribution in [3.63, 3.8) is 0 Å². The van der Waals surface area contributed by atoms with Crippen LogP contribution in [0.3, 0.4) is 0 Å². The molecule has 2 rings (SSSR count). The molecule has 0 aliphatic carbocycles. The number of likely N-dealkylation sites (tertiary alicyclic amines) is 1. The average molecular weight is 232 g/mol. The summed E-state index contributed by atoms with van der Waals surface area (Å²) in [6.45, 7) is 4.09. The first kappa shape index (κ1) is 12.1. The molecule has 2 nitrogen and oxygen atoms in total. The van der Waals surface area contributed by atoms with Crippen molar-refractivity contribution in [1.82, 2.24) is 4.90 Å². The van der Waals surface area contributed by atoms with Gasteiger partial charge in [0, 0.05) is 0 Å². The third-order valence-electron chi connectivity index (χ3n) is 3.47. The van der Waals surface area contributed by atoms with E-state index in [9.17, 15) is 9.65 Å². The van der Waals surface area contributed by atoms with E-state index in [4.69, 9.17) is 0 Å². The van der Waals surface area contributed by atoms with Gasteiger partial charge in [0.2, 0.25) is 0 Å². The number of nitrogens with zero attached hydrogens (tertiary/aromatic N) is 2. The van der Waals surface area contributed by atoms with E-state index in [0.29, 0.717) is 0 Å². The van der Waals surface area contributed by atoms with Gasteiger partial charge >= 0.3 is 0 Å². The van der Waals surface area contributed by atoms with Gasteiger partial charge in [0.1, 0.15) is 11.9 Å². The summed E-state index contributed by atoms with van der Waals surface area (Å²) in [7, 11) is 0. The molecule has 1 aliphatic rings. The molecule has 1 aliphatic heterocycles. The first-order valence-corrected chi connectivity index (χ1v) is 6.10. The van der Waals surface area contributed by atoms with Gasteiger partial charge in [-0.05, 0) is 49.5 Å². The summed E-state index contributed by atoms with van der Waals surface area (Å²) in [5, 5.41) is 9.27. The van der Waals surface area contributed by atoms with Gasteiger partial charge < -0.3 is 0 Å². The van der Waals surface area contributed by atoms with Crippen molar-refractivity contribution >= 4 is 0 Å². The third kappa shape index (κ3) is 2.83. The molecule has 1 atom stereocenters. The van der Waals surface area contributed by atoms with Crippen molar-refractivity contribution in [1.29, 1.82) is 5.26 Å². The van der Waals surface area contributed by atoms with Crippen LogP contribution in [0.25, 0.3) is 0 Å². The van der Waals surface area contributed by atoms with Crippen LogP contribution >= 0.6 is 0 Å². The maximum Gasteiger partial charge on any atom is 0.123 e. The Labute approximate surface area is 102 Å². The standard InChI is InChI=1S/C14H17FN2/c1-11-5-7-17(8-6-11)14(10-16)12-3-2-4-13(15)9-12/h2-4,9,11,14H,5-8H2,1H3. The van der Waals surface area contributed by atoms with Gasteiger partial charge in [-0.1, -0.05) is 19.1 Å². The molecular weight excluding hydrogens is 215 g/mol. The summed E-state index contributed by atoms with van der Waals surface area (Å²) in [6, 6.07) is 8.36. The fourth-order valence-electron chi connectivity index (χ4n) is 2.33. The van der Waals surface area contributed by atoms with Crippen molar-refractivity contribution in [2.75, 3.05) is 13.1 Å². The Hall–Kier alpha value is -1.40. The predicted molar refractivity (Wildman–Crippen MR) is 64.7 cm³/mol. The predicted octanol–water partition coefficient (Wildman–Crippen LogP) is 3.12. The van der Waals surface area contributed by atoms with Crippen LogP contribution in [-0.2, 0) is 0 Å². The van der Waals surface area contributed by atoms with E-state index in [1.807, 2.05) is 6.07 Å². The number of nitriles is 1. The normalized spacial score (nSPS) is 19.8. The van der Waals surface area contributed by atoms with Gasteiger partial charge in [-0.15, -0.1) is 0 Å². The lowest BCUT2D eigenvalue weighted by Gasteiger charge is -2.33. The van der Waals surface area contributed by atoms with Gasteiger partial charge in [-0.2, -0.15) is 5.26 Å². The van der Waals surface area contributed by atoms with Crippen molar-refractivity contribution < 1.29 is 4.39 Å². The average Bonchev–Trinajstić information content (AvgIpc) is 2.33. The van der Waals surface area contributed by atoms with Gasteiger partial charge in [0.15, 0.2) is 0 Å². The minimum atomic E-state index is -0.307. The fraction of sp³-hybridized carbons (Fsp3) is 0.500. The Morgan fingerprint density at radius 3 is 2.71 bits per heavy atom. The molecule has 0 bridgehead atoms. The van der Waals surface area contributed by atoms with Crippen LogP contribution in [0.5, 0.6) is 0 Å². The van der Waals surface area contributed by atoms with Gasteiger partial charge in [0.25, 0.3) is 0 Å². The van der Waals surface area contributed by atoms with Gasteiger partial charge in [-0.3, -0.25) is 4.90 Å². The zero-order chi connectivity index (χ0) is 12.3. The maximum absolute atomic E-state index is 13.2. The SMILES string of the molecule is CC1CCN(C(C#N)c2cccc(F)c2)CC1. The van der Waals surface area contributed by atoms with E-state index >= 15 is 0 Å². The molecule has 3 heteroatoms. The molecule has 0 N–H and O–H groups in total. The topological polar surface area (TPSA) is 27.0 Å². The summed E-state index contributed by atoms with van der Waals surface area (Å²) in [6.07, 6.45) is 2.24. The molecule has 0 radical (unpaired) electrons. The molecule has 1 heterocycles. The van der Waals surface area contributed by atoms with Crippen LogP contribution < -0.4 is 0 Å². The first-order valence-electron chi connectivity index (χ1n) is 6.10. The molecule has 1 aromatic carbocycles. The molecule has 1 saturated heterocycles. The summed E-state index contributed by atoms with van der Waals surface area (Å²) in [5.74, 6) is 0.464. The second kappa shape index (κ2) is 5.29. The van der Waals surface area contributed by atoms with E-state index in [1.165, 1.54) is 12.1 Å². The monoisotopic (exact) mass is 232 g/mol. The zero-order valence-corrected chi connectivity index (χ0v) is 10.1. The van der Waals surface area contributed by atoms with Gasteiger partial charge in [0.05, 0.1) is 6.07 Å². The van der Waals surface area contributed by atoms with E-state index in [2.05, 4.69) is 17.9 Å². The molecule has 0 amide bonds. The number of rotatable bonds is 2. The summed E-state index contributed by atoms with van der Waals surface area (Å²) in [4.78, 5) is 2.15. The zero-order valence-electron chi connectivity index (χ0n) is 10.1. The van der Waals surface area contributed by atoms with Crippen molar-refractivity contribution in [3.8, 4) is 6.07 Å². The molecule has 0 spiro atoms. The van der Waals surface area contributed by atoms with Crippen LogP contribution in [0.2, 0.25) is 0 Å². The smallest absolute Gasteiger partial charge is 0.123 e. The first-order chi connectivity index (χ1) is 8.20. The summed E-state index contributed by atoms with van der Waals surface area (Å²) < 4.78 is 13.2. The number of hydrogen-bond acceptors (Lipinski definition) is 2. The lowest BCUT2D eigenvalue weighted by Crippen LogP contribution is -2.35. The highest BCUT2D eigenvalue weighted by Crippen LogP contribution is 2.26. The van der Waals surface area contributed by atoms with E-state index in [1.54, 1.807) is 6.07 Å². The minimum Gasteiger partial charge on any atom is -0.284 e. The van der Waals surface area contributed by atoms with Crippen LogP contribution in [-0.4, -0.2) is 18.0 Å². The molecule has 17 heavy (non-hydrogen) atoms. The Morgan fingerprint density at radius 1 is 1.41 bits per heavy atom. The highest BCUT2D eigenvalue weighted by Gasteiger charge is 2.24. The maximum atomic E-state index is 13.2. The fourth-order valence-corrected chi connectivity index (χ4v) is 2.33. The third-order valence-corrected chi connectivity index (χ3v) is 3.47. The molecule has 0 saturated carbocycles. The quantitative estimate of drug-likeness (QED) is 0.783. The second-order valence-corrected chi connectivity index (χ2v) is 4.81. The number of benzene rings is 1. The lowest BCUT2D eigenvalue weighted by atomic mass is 9.96. The molecule has 1 unspecified atom stereocenters. The van der Waals surface area contributed by atoms with Crippen LogP contribution in [0.15, 0.2) is 24.3 Å². The van der Waals surface area contributed by atoms with Crippen molar-refractivity contribution in [3.05, 3.63) is 35.6 Å². The molecule has 1 aromatic rings.